The predicted octanol–water partition coefficient (Wildman–Crippen LogP) is 2.59. The normalized spacial score (nSPS) is 19.1. The third-order valence-corrected chi connectivity index (χ3v) is 4.91. The van der Waals surface area contributed by atoms with E-state index in [4.69, 9.17) is 0 Å². The van der Waals surface area contributed by atoms with Crippen LogP contribution in [0.5, 0.6) is 0 Å². The van der Waals surface area contributed by atoms with Gasteiger partial charge in [-0.25, -0.2) is 4.79 Å². The average Bonchev–Trinajstić information content (AvgIpc) is 2.90. The van der Waals surface area contributed by atoms with Crippen molar-refractivity contribution in [2.75, 3.05) is 18.5 Å². The molecule has 0 radical (unpaired) electrons. The molecule has 1 aliphatic heterocycles. The van der Waals surface area contributed by atoms with E-state index < -0.39 is 11.6 Å². The fourth-order valence-corrected chi connectivity index (χ4v) is 3.14. The molecule has 2 aromatic carbocycles. The Morgan fingerprint density at radius 2 is 1.63 bits per heavy atom. The number of likely N-dealkylation sites (N-methyl/N-ethyl adjacent to an activating group) is 1. The number of carbonyl (C=O) groups is 3. The van der Waals surface area contributed by atoms with Crippen molar-refractivity contribution >= 4 is 23.5 Å². The lowest BCUT2D eigenvalue weighted by molar-refractivity contribution is -0.134. The minimum atomic E-state index is -1.00. The van der Waals surface area contributed by atoms with Gasteiger partial charge < -0.3 is 10.2 Å². The first-order chi connectivity index (χ1) is 12.9. The van der Waals surface area contributed by atoms with Crippen LogP contribution in [0.1, 0.15) is 18.9 Å². The van der Waals surface area contributed by atoms with Gasteiger partial charge in [0.25, 0.3) is 5.91 Å². The molecule has 0 aromatic heterocycles. The number of anilines is 1. The summed E-state index contributed by atoms with van der Waals surface area (Å²) in [5.41, 5.74) is 0.805. The van der Waals surface area contributed by atoms with Crippen LogP contribution >= 0.6 is 0 Å². The van der Waals surface area contributed by atoms with Crippen LogP contribution in [0.15, 0.2) is 60.7 Å². The maximum Gasteiger partial charge on any atom is 0.325 e. The molecule has 0 bridgehead atoms. The smallest absolute Gasteiger partial charge is 0.323 e. The van der Waals surface area contributed by atoms with Gasteiger partial charge in [-0.15, -0.1) is 0 Å². The molecule has 6 nitrogen and oxygen atoms in total. The summed E-state index contributed by atoms with van der Waals surface area (Å²) in [6, 6.07) is 18.4. The van der Waals surface area contributed by atoms with E-state index in [2.05, 4.69) is 5.32 Å². The Kier molecular flexibility index (Phi) is 5.26. The summed E-state index contributed by atoms with van der Waals surface area (Å²) in [6.07, 6.45) is 1.13. The standard InChI is InChI=1S/C21H23N3O3/c1-21(14-13-16-9-5-3-6-10-16)19(26)24(20(27)22-21)15-18(25)23(2)17-11-7-4-8-12-17/h3-12H,13-15H2,1-2H3,(H,22,27)/t21-/m0/s1. The Morgan fingerprint density at radius 3 is 2.26 bits per heavy atom. The van der Waals surface area contributed by atoms with Gasteiger partial charge in [-0.05, 0) is 37.5 Å². The van der Waals surface area contributed by atoms with E-state index in [1.807, 2.05) is 48.5 Å². The zero-order chi connectivity index (χ0) is 19.4. The monoisotopic (exact) mass is 365 g/mol. The Balaban J connectivity index is 1.65. The van der Waals surface area contributed by atoms with Gasteiger partial charge in [-0.3, -0.25) is 14.5 Å². The van der Waals surface area contributed by atoms with Gasteiger partial charge in [0.15, 0.2) is 0 Å². The second-order valence-corrected chi connectivity index (χ2v) is 6.93. The Hall–Kier alpha value is -3.15. The topological polar surface area (TPSA) is 69.7 Å². The number of aryl methyl sites for hydroxylation is 1. The third kappa shape index (κ3) is 4.00. The lowest BCUT2D eigenvalue weighted by Crippen LogP contribution is -2.45. The molecule has 0 aliphatic carbocycles. The number of rotatable bonds is 6. The van der Waals surface area contributed by atoms with Crippen LogP contribution < -0.4 is 10.2 Å². The van der Waals surface area contributed by atoms with Crippen LogP contribution in [-0.4, -0.2) is 41.9 Å². The van der Waals surface area contributed by atoms with E-state index in [0.29, 0.717) is 18.5 Å². The van der Waals surface area contributed by atoms with Gasteiger partial charge in [-0.2, -0.15) is 0 Å². The van der Waals surface area contributed by atoms with Gasteiger partial charge in [0.1, 0.15) is 12.1 Å². The number of hydrogen-bond acceptors (Lipinski definition) is 3. The van der Waals surface area contributed by atoms with Gasteiger partial charge in [-0.1, -0.05) is 48.5 Å². The Morgan fingerprint density at radius 1 is 1.04 bits per heavy atom. The minimum Gasteiger partial charge on any atom is -0.323 e. The summed E-state index contributed by atoms with van der Waals surface area (Å²) in [7, 11) is 1.63. The first-order valence-electron chi connectivity index (χ1n) is 8.90. The van der Waals surface area contributed by atoms with E-state index >= 15 is 0 Å². The van der Waals surface area contributed by atoms with Crippen molar-refractivity contribution < 1.29 is 14.4 Å². The van der Waals surface area contributed by atoms with Gasteiger partial charge in [0.2, 0.25) is 5.91 Å². The van der Waals surface area contributed by atoms with Gasteiger partial charge in [0, 0.05) is 12.7 Å². The van der Waals surface area contributed by atoms with E-state index in [-0.39, 0.29) is 18.4 Å². The number of nitrogens with one attached hydrogen (secondary N) is 1. The van der Waals surface area contributed by atoms with E-state index in [0.717, 1.165) is 10.5 Å². The van der Waals surface area contributed by atoms with Crippen molar-refractivity contribution in [1.29, 1.82) is 0 Å². The van der Waals surface area contributed by atoms with E-state index in [1.54, 1.807) is 26.1 Å². The number of carbonyl (C=O) groups excluding carboxylic acids is 3. The van der Waals surface area contributed by atoms with Crippen molar-refractivity contribution in [2.45, 2.75) is 25.3 Å². The number of imide groups is 1. The fraction of sp³-hybridized carbons (Fsp3) is 0.286. The van der Waals surface area contributed by atoms with Crippen LogP contribution in [0.3, 0.4) is 0 Å². The summed E-state index contributed by atoms with van der Waals surface area (Å²) < 4.78 is 0. The molecule has 3 rings (SSSR count). The molecule has 1 N–H and O–H groups in total. The van der Waals surface area contributed by atoms with Crippen LogP contribution in [0, 0.1) is 0 Å². The molecule has 1 aliphatic rings. The summed E-state index contributed by atoms with van der Waals surface area (Å²) in [4.78, 5) is 40.1. The Bertz CT molecular complexity index is 838. The van der Waals surface area contributed by atoms with Crippen LogP contribution in [0.4, 0.5) is 10.5 Å². The van der Waals surface area contributed by atoms with Crippen LogP contribution in [0.2, 0.25) is 0 Å². The molecule has 140 valence electrons. The third-order valence-electron chi connectivity index (χ3n) is 4.91. The number of amides is 4. The van der Waals surface area contributed by atoms with Crippen molar-refractivity contribution in [2.24, 2.45) is 0 Å². The van der Waals surface area contributed by atoms with Crippen molar-refractivity contribution in [3.05, 3.63) is 66.2 Å². The van der Waals surface area contributed by atoms with Crippen molar-refractivity contribution in [3.8, 4) is 0 Å². The van der Waals surface area contributed by atoms with E-state index in [1.165, 1.54) is 4.90 Å². The quantitative estimate of drug-likeness (QED) is 0.800. The summed E-state index contributed by atoms with van der Waals surface area (Å²) in [5, 5.41) is 2.75. The molecular formula is C21H23N3O3. The maximum absolute atomic E-state index is 12.8. The Labute approximate surface area is 158 Å². The molecule has 0 unspecified atom stereocenters. The lowest BCUT2D eigenvalue weighted by atomic mass is 9.93. The number of para-hydroxylation sites is 1. The second-order valence-electron chi connectivity index (χ2n) is 6.93. The first kappa shape index (κ1) is 18.6. The number of urea groups is 1. The maximum atomic E-state index is 12.8. The van der Waals surface area contributed by atoms with Gasteiger partial charge >= 0.3 is 6.03 Å². The lowest BCUT2D eigenvalue weighted by Gasteiger charge is -2.23. The van der Waals surface area contributed by atoms with Crippen molar-refractivity contribution in [1.82, 2.24) is 10.2 Å². The molecule has 1 saturated heterocycles. The van der Waals surface area contributed by atoms with Crippen LogP contribution in [-0.2, 0) is 16.0 Å². The summed E-state index contributed by atoms with van der Waals surface area (Å²) in [6.45, 7) is 1.43. The molecule has 4 amide bonds. The molecule has 2 aromatic rings. The SMILES string of the molecule is CN(C(=O)CN1C(=O)N[C@@](C)(CCc2ccccc2)C1=O)c1ccccc1. The number of benzene rings is 2. The zero-order valence-electron chi connectivity index (χ0n) is 15.5. The molecular weight excluding hydrogens is 342 g/mol. The molecule has 1 atom stereocenters. The zero-order valence-corrected chi connectivity index (χ0v) is 15.5. The highest BCUT2D eigenvalue weighted by atomic mass is 16.2. The number of hydrogen-bond donors (Lipinski definition) is 1. The highest BCUT2D eigenvalue weighted by molar-refractivity contribution is 6.10. The van der Waals surface area contributed by atoms with Gasteiger partial charge in [0.05, 0.1) is 0 Å². The fourth-order valence-electron chi connectivity index (χ4n) is 3.14. The van der Waals surface area contributed by atoms with Crippen LogP contribution in [0.25, 0.3) is 0 Å². The molecule has 27 heavy (non-hydrogen) atoms. The molecule has 1 heterocycles. The highest BCUT2D eigenvalue weighted by Gasteiger charge is 2.48. The molecule has 0 spiro atoms. The number of nitrogens with zero attached hydrogens (tertiary/aromatic N) is 2. The second kappa shape index (κ2) is 7.61. The first-order valence-corrected chi connectivity index (χ1v) is 8.90. The summed E-state index contributed by atoms with van der Waals surface area (Å²) >= 11 is 0. The highest BCUT2D eigenvalue weighted by Crippen LogP contribution is 2.23. The largest absolute Gasteiger partial charge is 0.325 e. The van der Waals surface area contributed by atoms with E-state index in [9.17, 15) is 14.4 Å². The molecule has 1 fully saturated rings. The average molecular weight is 365 g/mol. The predicted molar refractivity (Wildman–Crippen MR) is 103 cm³/mol. The minimum absolute atomic E-state index is 0.281. The van der Waals surface area contributed by atoms with Crippen molar-refractivity contribution in [3.63, 3.8) is 0 Å². The molecule has 6 heteroatoms. The molecule has 0 saturated carbocycles. The summed E-state index contributed by atoms with van der Waals surface area (Å²) in [5.74, 6) is -0.685.